The van der Waals surface area contributed by atoms with Crippen molar-refractivity contribution in [3.8, 4) is 0 Å². The first-order valence-corrected chi connectivity index (χ1v) is 7.99. The number of hydrogen-bond acceptors (Lipinski definition) is 2. The predicted octanol–water partition coefficient (Wildman–Crippen LogP) is 3.74. The van der Waals surface area contributed by atoms with Gasteiger partial charge in [0.25, 0.3) is 0 Å². The highest BCUT2D eigenvalue weighted by Crippen LogP contribution is 2.34. The van der Waals surface area contributed by atoms with Gasteiger partial charge in [0.05, 0.1) is 0 Å². The molecule has 0 saturated carbocycles. The van der Waals surface area contributed by atoms with Crippen molar-refractivity contribution in [2.24, 2.45) is 5.41 Å². The topological polar surface area (TPSA) is 20.3 Å². The third kappa shape index (κ3) is 3.75. The molecule has 0 unspecified atom stereocenters. The summed E-state index contributed by atoms with van der Waals surface area (Å²) in [4.78, 5) is 14.4. The molecule has 1 aliphatic heterocycles. The van der Waals surface area contributed by atoms with Gasteiger partial charge in [0.15, 0.2) is 0 Å². The highest BCUT2D eigenvalue weighted by Gasteiger charge is 2.29. The number of benzene rings is 1. The van der Waals surface area contributed by atoms with Crippen LogP contribution in [0.2, 0.25) is 0 Å². The van der Waals surface area contributed by atoms with E-state index in [1.165, 1.54) is 5.56 Å². The van der Waals surface area contributed by atoms with Crippen LogP contribution in [0.5, 0.6) is 0 Å². The van der Waals surface area contributed by atoms with Gasteiger partial charge in [-0.15, -0.1) is 0 Å². The SMILES string of the molecule is CC(C)(C)C(=O)N1CCS[C@H](c2ccccc2)CC1. The second kappa shape index (κ2) is 6.00. The molecule has 1 aromatic rings. The number of carbonyl (C=O) groups is 1. The van der Waals surface area contributed by atoms with Gasteiger partial charge in [0.2, 0.25) is 5.91 Å². The summed E-state index contributed by atoms with van der Waals surface area (Å²) >= 11 is 1.98. The average Bonchev–Trinajstić information content (AvgIpc) is 2.63. The lowest BCUT2D eigenvalue weighted by atomic mass is 9.94. The zero-order valence-electron chi connectivity index (χ0n) is 12.1. The van der Waals surface area contributed by atoms with Crippen molar-refractivity contribution in [1.29, 1.82) is 0 Å². The molecule has 0 aromatic heterocycles. The van der Waals surface area contributed by atoms with Crippen LogP contribution in [0.4, 0.5) is 0 Å². The van der Waals surface area contributed by atoms with Crippen LogP contribution < -0.4 is 0 Å². The molecular formula is C16H23NOS. The highest BCUT2D eigenvalue weighted by atomic mass is 32.2. The number of nitrogens with zero attached hydrogens (tertiary/aromatic N) is 1. The maximum atomic E-state index is 12.3. The first-order chi connectivity index (χ1) is 8.98. The van der Waals surface area contributed by atoms with Crippen LogP contribution in [0.3, 0.4) is 0 Å². The van der Waals surface area contributed by atoms with Gasteiger partial charge in [-0.1, -0.05) is 51.1 Å². The van der Waals surface area contributed by atoms with E-state index in [0.717, 1.165) is 25.3 Å². The average molecular weight is 277 g/mol. The molecule has 2 nitrogen and oxygen atoms in total. The molecule has 19 heavy (non-hydrogen) atoms. The monoisotopic (exact) mass is 277 g/mol. The Bertz CT molecular complexity index is 424. The van der Waals surface area contributed by atoms with Crippen molar-refractivity contribution in [2.75, 3.05) is 18.8 Å². The van der Waals surface area contributed by atoms with E-state index in [1.54, 1.807) is 0 Å². The van der Waals surface area contributed by atoms with E-state index in [1.807, 2.05) is 37.4 Å². The Morgan fingerprint density at radius 3 is 2.53 bits per heavy atom. The maximum absolute atomic E-state index is 12.3. The highest BCUT2D eigenvalue weighted by molar-refractivity contribution is 7.99. The Hall–Kier alpha value is -0.960. The molecule has 1 aliphatic rings. The zero-order chi connectivity index (χ0) is 13.9. The summed E-state index contributed by atoms with van der Waals surface area (Å²) in [6.07, 6.45) is 1.05. The van der Waals surface area contributed by atoms with Crippen LogP contribution in [-0.4, -0.2) is 29.6 Å². The van der Waals surface area contributed by atoms with Gasteiger partial charge in [-0.25, -0.2) is 0 Å². The van der Waals surface area contributed by atoms with Crippen molar-refractivity contribution in [3.05, 3.63) is 35.9 Å². The van der Waals surface area contributed by atoms with E-state index in [9.17, 15) is 4.79 Å². The lowest BCUT2D eigenvalue weighted by Gasteiger charge is -2.28. The molecule has 0 radical (unpaired) electrons. The van der Waals surface area contributed by atoms with Gasteiger partial charge in [-0.3, -0.25) is 4.79 Å². The molecular weight excluding hydrogens is 254 g/mol. The molecule has 1 atom stereocenters. The quantitative estimate of drug-likeness (QED) is 0.779. The van der Waals surface area contributed by atoms with Crippen molar-refractivity contribution < 1.29 is 4.79 Å². The van der Waals surface area contributed by atoms with Gasteiger partial charge < -0.3 is 4.90 Å². The van der Waals surface area contributed by atoms with Crippen LogP contribution in [-0.2, 0) is 4.79 Å². The number of rotatable bonds is 1. The second-order valence-corrected chi connectivity index (χ2v) is 7.41. The molecule has 0 N–H and O–H groups in total. The minimum absolute atomic E-state index is 0.267. The Kier molecular flexibility index (Phi) is 4.56. The molecule has 0 bridgehead atoms. The molecule has 0 aliphatic carbocycles. The third-order valence-corrected chi connectivity index (χ3v) is 4.77. The smallest absolute Gasteiger partial charge is 0.227 e. The van der Waals surface area contributed by atoms with Crippen molar-refractivity contribution >= 4 is 17.7 Å². The summed E-state index contributed by atoms with van der Waals surface area (Å²) in [7, 11) is 0. The van der Waals surface area contributed by atoms with E-state index in [2.05, 4.69) is 30.3 Å². The Labute approximate surface area is 120 Å². The van der Waals surface area contributed by atoms with Gasteiger partial charge >= 0.3 is 0 Å². The van der Waals surface area contributed by atoms with Crippen LogP contribution in [0.15, 0.2) is 30.3 Å². The summed E-state index contributed by atoms with van der Waals surface area (Å²) in [5, 5.41) is 0.527. The summed E-state index contributed by atoms with van der Waals surface area (Å²) in [6, 6.07) is 10.6. The van der Waals surface area contributed by atoms with Gasteiger partial charge in [-0.2, -0.15) is 11.8 Å². The molecule has 3 heteroatoms. The molecule has 1 fully saturated rings. The van der Waals surface area contributed by atoms with Crippen molar-refractivity contribution in [2.45, 2.75) is 32.4 Å². The van der Waals surface area contributed by atoms with E-state index in [4.69, 9.17) is 0 Å². The Morgan fingerprint density at radius 2 is 1.89 bits per heavy atom. The first kappa shape index (κ1) is 14.4. The largest absolute Gasteiger partial charge is 0.341 e. The molecule has 1 amide bonds. The van der Waals surface area contributed by atoms with Crippen LogP contribution in [0.25, 0.3) is 0 Å². The standard InChI is InChI=1S/C16H23NOS/c1-16(2,3)15(18)17-10-9-14(19-12-11-17)13-7-5-4-6-8-13/h4-8,14H,9-12H2,1-3H3/t14-/m0/s1. The number of carbonyl (C=O) groups excluding carboxylic acids is 1. The summed E-state index contributed by atoms with van der Waals surface area (Å²) in [5.74, 6) is 1.31. The summed E-state index contributed by atoms with van der Waals surface area (Å²) in [5.41, 5.74) is 1.12. The fraction of sp³-hybridized carbons (Fsp3) is 0.562. The van der Waals surface area contributed by atoms with Crippen LogP contribution >= 0.6 is 11.8 Å². The Morgan fingerprint density at radius 1 is 1.21 bits per heavy atom. The van der Waals surface area contributed by atoms with E-state index in [0.29, 0.717) is 5.25 Å². The van der Waals surface area contributed by atoms with Gasteiger partial charge in [-0.05, 0) is 12.0 Å². The summed E-state index contributed by atoms with van der Waals surface area (Å²) < 4.78 is 0. The normalized spacial score (nSPS) is 21.0. The fourth-order valence-corrected chi connectivity index (χ4v) is 3.61. The Balaban J connectivity index is 2.01. The van der Waals surface area contributed by atoms with Crippen LogP contribution in [0.1, 0.15) is 38.0 Å². The van der Waals surface area contributed by atoms with Crippen molar-refractivity contribution in [3.63, 3.8) is 0 Å². The maximum Gasteiger partial charge on any atom is 0.227 e. The van der Waals surface area contributed by atoms with Crippen molar-refractivity contribution in [1.82, 2.24) is 4.90 Å². The molecule has 104 valence electrons. The van der Waals surface area contributed by atoms with Gasteiger partial charge in [0, 0.05) is 29.5 Å². The van der Waals surface area contributed by atoms with Gasteiger partial charge in [0.1, 0.15) is 0 Å². The van der Waals surface area contributed by atoms with Crippen LogP contribution in [0, 0.1) is 5.41 Å². The predicted molar refractivity (Wildman–Crippen MR) is 82.3 cm³/mol. The third-order valence-electron chi connectivity index (χ3n) is 3.44. The lowest BCUT2D eigenvalue weighted by molar-refractivity contribution is -0.139. The second-order valence-electron chi connectivity index (χ2n) is 6.10. The lowest BCUT2D eigenvalue weighted by Crippen LogP contribution is -2.40. The molecule has 0 spiro atoms. The minimum Gasteiger partial charge on any atom is -0.341 e. The molecule has 1 heterocycles. The zero-order valence-corrected chi connectivity index (χ0v) is 12.9. The molecule has 2 rings (SSSR count). The van der Waals surface area contributed by atoms with E-state index < -0.39 is 0 Å². The summed E-state index contributed by atoms with van der Waals surface area (Å²) in [6.45, 7) is 7.76. The van der Waals surface area contributed by atoms with E-state index in [-0.39, 0.29) is 11.3 Å². The number of amides is 1. The number of hydrogen-bond donors (Lipinski definition) is 0. The fourth-order valence-electron chi connectivity index (χ4n) is 2.38. The molecule has 1 aromatic carbocycles. The number of thioether (sulfide) groups is 1. The minimum atomic E-state index is -0.267. The molecule has 1 saturated heterocycles. The first-order valence-electron chi connectivity index (χ1n) is 6.94. The van der Waals surface area contributed by atoms with E-state index >= 15 is 0 Å².